The van der Waals surface area contributed by atoms with E-state index in [-0.39, 0.29) is 23.4 Å². The molecule has 0 aromatic heterocycles. The molecule has 1 aliphatic heterocycles. The smallest absolute Gasteiger partial charge is 0.338 e. The first-order valence-electron chi connectivity index (χ1n) is 12.5. The van der Waals surface area contributed by atoms with Gasteiger partial charge in [-0.05, 0) is 84.0 Å². The van der Waals surface area contributed by atoms with Crippen molar-refractivity contribution in [3.63, 3.8) is 0 Å². The first-order chi connectivity index (χ1) is 18.1. The molecule has 3 amide bonds. The van der Waals surface area contributed by atoms with Crippen molar-refractivity contribution in [3.05, 3.63) is 53.8 Å². The van der Waals surface area contributed by atoms with Gasteiger partial charge in [0.2, 0.25) is 0 Å². The highest BCUT2D eigenvalue weighted by molar-refractivity contribution is 6.33. The molecular weight excluding hydrogens is 502 g/mol. The summed E-state index contributed by atoms with van der Waals surface area (Å²) in [7, 11) is 1.55. The highest BCUT2D eigenvalue weighted by atomic mass is 16.7. The molecule has 0 atom stereocenters. The number of allylic oxidation sites excluding steroid dienone is 1. The summed E-state index contributed by atoms with van der Waals surface area (Å²) in [5.74, 6) is -0.977. The van der Waals surface area contributed by atoms with Gasteiger partial charge in [-0.25, -0.2) is 9.59 Å². The number of rotatable bonds is 6. The lowest BCUT2D eigenvalue weighted by atomic mass is 9.97. The first kappa shape index (κ1) is 29.2. The molecule has 0 saturated carbocycles. The van der Waals surface area contributed by atoms with E-state index in [2.05, 4.69) is 10.6 Å². The zero-order valence-electron chi connectivity index (χ0n) is 23.6. The summed E-state index contributed by atoms with van der Waals surface area (Å²) in [6, 6.07) is 11.0. The number of fused-ring (bicyclic) bond motifs is 1. The molecule has 0 spiro atoms. The lowest BCUT2D eigenvalue weighted by molar-refractivity contribution is -0.157. The first-order valence-corrected chi connectivity index (χ1v) is 12.5. The third kappa shape index (κ3) is 6.76. The Balaban J connectivity index is 1.98. The van der Waals surface area contributed by atoms with E-state index in [1.165, 1.54) is 6.07 Å². The topological polar surface area (TPSA) is 123 Å². The molecular formula is C29H35N3O7. The van der Waals surface area contributed by atoms with Crippen LogP contribution in [0.5, 0.6) is 5.75 Å². The van der Waals surface area contributed by atoms with Gasteiger partial charge in [-0.1, -0.05) is 6.92 Å². The quantitative estimate of drug-likeness (QED) is 0.267. The third-order valence-electron chi connectivity index (χ3n) is 5.70. The number of hydrogen-bond donors (Lipinski definition) is 2. The maximum absolute atomic E-state index is 13.6. The number of nitrogens with zero attached hydrogens (tertiary/aromatic N) is 1. The van der Waals surface area contributed by atoms with Gasteiger partial charge in [0.25, 0.3) is 5.91 Å². The highest BCUT2D eigenvalue weighted by Crippen LogP contribution is 2.42. The second-order valence-electron chi connectivity index (χ2n) is 11.1. The molecule has 0 radical (unpaired) electrons. The predicted molar refractivity (Wildman–Crippen MR) is 148 cm³/mol. The van der Waals surface area contributed by atoms with E-state index >= 15 is 0 Å². The van der Waals surface area contributed by atoms with Gasteiger partial charge in [0.15, 0.2) is 0 Å². The Hall–Kier alpha value is -4.34. The van der Waals surface area contributed by atoms with Gasteiger partial charge in [-0.15, -0.1) is 5.06 Å². The van der Waals surface area contributed by atoms with Gasteiger partial charge in [0.1, 0.15) is 11.5 Å². The van der Waals surface area contributed by atoms with E-state index < -0.39 is 34.7 Å². The van der Waals surface area contributed by atoms with E-state index in [9.17, 15) is 19.2 Å². The van der Waals surface area contributed by atoms with Crippen molar-refractivity contribution in [1.82, 2.24) is 0 Å². The number of hydrogen-bond acceptors (Lipinski definition) is 7. The van der Waals surface area contributed by atoms with Gasteiger partial charge in [-0.2, -0.15) is 0 Å². The van der Waals surface area contributed by atoms with Crippen molar-refractivity contribution >= 4 is 46.5 Å². The largest absolute Gasteiger partial charge is 0.497 e. The van der Waals surface area contributed by atoms with Crippen LogP contribution in [0.15, 0.2) is 48.2 Å². The number of nitrogens with one attached hydrogen (secondary N) is 2. The Morgan fingerprint density at radius 3 is 1.95 bits per heavy atom. The summed E-state index contributed by atoms with van der Waals surface area (Å²) in [6.07, 6.45) is 0.244. The molecule has 39 heavy (non-hydrogen) atoms. The molecule has 0 unspecified atom stereocenters. The number of benzene rings is 2. The number of carbonyl (C=O) groups is 4. The molecule has 0 bridgehead atoms. The van der Waals surface area contributed by atoms with Crippen LogP contribution in [0.3, 0.4) is 0 Å². The fourth-order valence-corrected chi connectivity index (χ4v) is 3.43. The molecule has 10 nitrogen and oxygen atoms in total. The van der Waals surface area contributed by atoms with Crippen molar-refractivity contribution in [2.75, 3.05) is 22.8 Å². The lowest BCUT2D eigenvalue weighted by Gasteiger charge is -2.22. The monoisotopic (exact) mass is 537 g/mol. The Kier molecular flexibility index (Phi) is 8.38. The Bertz CT molecular complexity index is 1320. The van der Waals surface area contributed by atoms with Crippen molar-refractivity contribution in [2.24, 2.45) is 10.8 Å². The molecule has 0 saturated heterocycles. The Morgan fingerprint density at radius 2 is 1.41 bits per heavy atom. The molecule has 1 heterocycles. The second kappa shape index (κ2) is 11.2. The molecule has 0 aliphatic carbocycles. The zero-order valence-corrected chi connectivity index (χ0v) is 23.6. The van der Waals surface area contributed by atoms with Gasteiger partial charge in [0.05, 0.1) is 29.2 Å². The van der Waals surface area contributed by atoms with Crippen LogP contribution in [-0.4, -0.2) is 31.0 Å². The summed E-state index contributed by atoms with van der Waals surface area (Å²) in [6.45, 7) is 11.9. The minimum atomic E-state index is -0.896. The van der Waals surface area contributed by atoms with Crippen LogP contribution in [-0.2, 0) is 24.0 Å². The molecule has 2 aromatic carbocycles. The molecule has 2 aromatic rings. The van der Waals surface area contributed by atoms with Crippen LogP contribution in [0.2, 0.25) is 0 Å². The zero-order chi connectivity index (χ0) is 29.1. The summed E-state index contributed by atoms with van der Waals surface area (Å²) < 4.78 is 10.8. The normalized spacial score (nSPS) is 14.4. The summed E-state index contributed by atoms with van der Waals surface area (Å²) in [4.78, 5) is 57.1. The fraction of sp³-hybridized carbons (Fsp3) is 0.379. The average Bonchev–Trinajstić information content (AvgIpc) is 3.12. The summed E-state index contributed by atoms with van der Waals surface area (Å²) in [5, 5.41) is 6.31. The van der Waals surface area contributed by atoms with Crippen molar-refractivity contribution < 1.29 is 33.5 Å². The van der Waals surface area contributed by atoms with E-state index in [1.807, 2.05) is 0 Å². The minimum Gasteiger partial charge on any atom is -0.497 e. The number of carbonyl (C=O) groups excluding carboxylic acids is 4. The van der Waals surface area contributed by atoms with Crippen LogP contribution < -0.4 is 20.4 Å². The van der Waals surface area contributed by atoms with Crippen LogP contribution in [0, 0.1) is 10.8 Å². The van der Waals surface area contributed by atoms with E-state index in [4.69, 9.17) is 14.3 Å². The molecule has 10 heteroatoms. The SMILES string of the molecule is CC/C(OC(=O)C(C)(C)C)=C1/C(=O)N(OC(=O)C(C)(C)C)c2cc(NC(=O)Nc3ccc(OC)cc3)ccc21. The van der Waals surface area contributed by atoms with Crippen molar-refractivity contribution in [3.8, 4) is 5.75 Å². The number of urea groups is 1. The average molecular weight is 538 g/mol. The van der Waals surface area contributed by atoms with Crippen molar-refractivity contribution in [2.45, 2.75) is 54.9 Å². The number of ether oxygens (including phenoxy) is 2. The second-order valence-corrected chi connectivity index (χ2v) is 11.1. The van der Waals surface area contributed by atoms with E-state index in [0.29, 0.717) is 22.7 Å². The number of hydroxylamine groups is 1. The maximum Gasteiger partial charge on any atom is 0.338 e. The third-order valence-corrected chi connectivity index (χ3v) is 5.70. The number of methoxy groups -OCH3 is 1. The highest BCUT2D eigenvalue weighted by Gasteiger charge is 2.41. The summed E-state index contributed by atoms with van der Waals surface area (Å²) >= 11 is 0. The Labute approximate surface area is 228 Å². The molecule has 3 rings (SSSR count). The van der Waals surface area contributed by atoms with Crippen LogP contribution in [0.1, 0.15) is 60.5 Å². The molecule has 0 fully saturated rings. The van der Waals surface area contributed by atoms with Gasteiger partial charge < -0.3 is 24.9 Å². The fourth-order valence-electron chi connectivity index (χ4n) is 3.43. The van der Waals surface area contributed by atoms with Crippen molar-refractivity contribution in [1.29, 1.82) is 0 Å². The van der Waals surface area contributed by atoms with Crippen LogP contribution in [0.25, 0.3) is 5.57 Å². The van der Waals surface area contributed by atoms with Gasteiger partial charge in [0, 0.05) is 23.4 Å². The lowest BCUT2D eigenvalue weighted by Crippen LogP contribution is -2.35. The van der Waals surface area contributed by atoms with E-state index in [1.54, 1.807) is 92.0 Å². The number of anilines is 3. The molecule has 208 valence electrons. The van der Waals surface area contributed by atoms with Crippen LogP contribution in [0.4, 0.5) is 21.9 Å². The number of esters is 1. The minimum absolute atomic E-state index is 0.112. The number of amides is 3. The van der Waals surface area contributed by atoms with E-state index in [0.717, 1.165) is 5.06 Å². The molecule has 1 aliphatic rings. The predicted octanol–water partition coefficient (Wildman–Crippen LogP) is 5.90. The van der Waals surface area contributed by atoms with Gasteiger partial charge in [-0.3, -0.25) is 9.59 Å². The summed E-state index contributed by atoms with van der Waals surface area (Å²) in [5.41, 5.74) is -0.0587. The molecule has 2 N–H and O–H groups in total. The van der Waals surface area contributed by atoms with Crippen LogP contribution >= 0.6 is 0 Å². The standard InChI is InChI=1S/C29H35N3O7/c1-9-22(38-25(34)28(2,3)4)23-20-15-12-18(31-27(36)30-17-10-13-19(37-8)14-11-17)16-21(20)32(24(23)33)39-26(35)29(5,6)7/h10-16H,9H2,1-8H3,(H2,30,31,36)/b23-22-. The van der Waals surface area contributed by atoms with Gasteiger partial charge >= 0.3 is 18.0 Å². The maximum atomic E-state index is 13.6. The Morgan fingerprint density at radius 1 is 0.846 bits per heavy atom.